The highest BCUT2D eigenvalue weighted by atomic mass is 16.2. The van der Waals surface area contributed by atoms with Crippen LogP contribution in [0.15, 0.2) is 18.3 Å². The summed E-state index contributed by atoms with van der Waals surface area (Å²) in [7, 11) is 0. The van der Waals surface area contributed by atoms with Crippen molar-refractivity contribution in [2.45, 2.75) is 57.8 Å². The molecular formula is C23H28N6O2. The molecule has 4 heterocycles. The van der Waals surface area contributed by atoms with Crippen molar-refractivity contribution in [2.75, 3.05) is 29.9 Å². The van der Waals surface area contributed by atoms with Crippen LogP contribution in [0.1, 0.15) is 62.5 Å². The number of aromatic nitrogens is 3. The van der Waals surface area contributed by atoms with E-state index in [0.717, 1.165) is 68.3 Å². The average Bonchev–Trinajstić information content (AvgIpc) is 3.44. The Labute approximate surface area is 182 Å². The van der Waals surface area contributed by atoms with Crippen LogP contribution in [0.5, 0.6) is 0 Å². The monoisotopic (exact) mass is 420 g/mol. The first kappa shape index (κ1) is 19.9. The summed E-state index contributed by atoms with van der Waals surface area (Å²) in [6, 6.07) is 4.00. The Bertz CT molecular complexity index is 1060. The maximum atomic E-state index is 11.7. The number of carbonyl (C=O) groups is 2. The molecule has 0 atom stereocenters. The molecule has 8 heteroatoms. The lowest BCUT2D eigenvalue weighted by molar-refractivity contribution is -0.129. The van der Waals surface area contributed by atoms with Crippen LogP contribution in [0.25, 0.3) is 0 Å². The molecule has 2 aromatic rings. The van der Waals surface area contributed by atoms with Crippen LogP contribution in [0.2, 0.25) is 0 Å². The third-order valence-corrected chi connectivity index (χ3v) is 6.80. The summed E-state index contributed by atoms with van der Waals surface area (Å²) in [5.41, 5.74) is 3.42. The summed E-state index contributed by atoms with van der Waals surface area (Å²) < 4.78 is 0. The molecule has 1 N–H and O–H groups in total. The zero-order valence-electron chi connectivity index (χ0n) is 18.3. The fourth-order valence-corrected chi connectivity index (χ4v) is 4.93. The lowest BCUT2D eigenvalue weighted by Gasteiger charge is -2.31. The lowest BCUT2D eigenvalue weighted by atomic mass is 9.96. The van der Waals surface area contributed by atoms with E-state index in [4.69, 9.17) is 9.97 Å². The van der Waals surface area contributed by atoms with Gasteiger partial charge in [-0.05, 0) is 32.6 Å². The highest BCUT2D eigenvalue weighted by molar-refractivity contribution is 5.89. The highest BCUT2D eigenvalue weighted by Gasteiger charge is 2.52. The molecule has 5 rings (SSSR count). The van der Waals surface area contributed by atoms with Gasteiger partial charge in [0.15, 0.2) is 0 Å². The van der Waals surface area contributed by atoms with Crippen LogP contribution in [-0.2, 0) is 15.0 Å². The van der Waals surface area contributed by atoms with E-state index in [1.807, 2.05) is 30.2 Å². The predicted octanol–water partition coefficient (Wildman–Crippen LogP) is 3.05. The maximum Gasteiger partial charge on any atom is 0.222 e. The molecule has 1 spiro atoms. The Balaban J connectivity index is 1.46. The zero-order valence-corrected chi connectivity index (χ0v) is 18.3. The molecule has 8 nitrogen and oxygen atoms in total. The topological polar surface area (TPSA) is 91.3 Å². The molecule has 2 aliphatic heterocycles. The molecule has 0 radical (unpaired) electrons. The second-order valence-corrected chi connectivity index (χ2v) is 9.14. The van der Waals surface area contributed by atoms with E-state index in [-0.39, 0.29) is 23.1 Å². The van der Waals surface area contributed by atoms with Gasteiger partial charge in [0, 0.05) is 74.4 Å². The first-order valence-electron chi connectivity index (χ1n) is 11.0. The van der Waals surface area contributed by atoms with E-state index in [1.54, 1.807) is 6.92 Å². The Morgan fingerprint density at radius 2 is 1.87 bits per heavy atom. The van der Waals surface area contributed by atoms with Gasteiger partial charge in [-0.3, -0.25) is 9.59 Å². The van der Waals surface area contributed by atoms with Crippen molar-refractivity contribution >= 4 is 29.1 Å². The molecule has 31 heavy (non-hydrogen) atoms. The van der Waals surface area contributed by atoms with E-state index in [2.05, 4.69) is 15.2 Å². The molecule has 1 saturated carbocycles. The fraction of sp³-hybridized carbons (Fsp3) is 0.522. The number of rotatable bonds is 3. The van der Waals surface area contributed by atoms with Crippen molar-refractivity contribution in [3.8, 4) is 0 Å². The summed E-state index contributed by atoms with van der Waals surface area (Å²) >= 11 is 0. The molecule has 162 valence electrons. The minimum atomic E-state index is -0.129. The van der Waals surface area contributed by atoms with Gasteiger partial charge in [0.05, 0.1) is 5.69 Å². The minimum absolute atomic E-state index is 0.129. The second-order valence-electron chi connectivity index (χ2n) is 9.14. The summed E-state index contributed by atoms with van der Waals surface area (Å²) in [6.45, 7) is 7.53. The van der Waals surface area contributed by atoms with Gasteiger partial charge in [0.1, 0.15) is 17.5 Å². The summed E-state index contributed by atoms with van der Waals surface area (Å²) in [5.74, 6) is 2.61. The maximum absolute atomic E-state index is 11.7. The second kappa shape index (κ2) is 7.28. The number of likely N-dealkylation sites (tertiary alicyclic amines) is 1. The van der Waals surface area contributed by atoms with Crippen molar-refractivity contribution in [1.82, 2.24) is 19.9 Å². The van der Waals surface area contributed by atoms with Crippen LogP contribution in [0.4, 0.5) is 17.3 Å². The van der Waals surface area contributed by atoms with Crippen molar-refractivity contribution in [1.29, 1.82) is 0 Å². The number of anilines is 3. The van der Waals surface area contributed by atoms with E-state index in [9.17, 15) is 9.59 Å². The number of pyridine rings is 1. The van der Waals surface area contributed by atoms with Gasteiger partial charge in [0.25, 0.3) is 0 Å². The number of hydrogen-bond donors (Lipinski definition) is 1. The lowest BCUT2D eigenvalue weighted by Crippen LogP contribution is -2.36. The quantitative estimate of drug-likeness (QED) is 0.821. The molecular weight excluding hydrogens is 392 g/mol. The number of nitrogens with one attached hydrogen (secondary N) is 1. The van der Waals surface area contributed by atoms with E-state index in [0.29, 0.717) is 5.82 Å². The van der Waals surface area contributed by atoms with E-state index in [1.165, 1.54) is 12.5 Å². The zero-order chi connectivity index (χ0) is 21.8. The smallest absolute Gasteiger partial charge is 0.222 e. The number of aryl methyl sites for hydroxylation is 1. The summed E-state index contributed by atoms with van der Waals surface area (Å²) in [4.78, 5) is 41.6. The largest absolute Gasteiger partial charge is 0.343 e. The first-order chi connectivity index (χ1) is 14.8. The van der Waals surface area contributed by atoms with Crippen LogP contribution in [-0.4, -0.2) is 51.3 Å². The van der Waals surface area contributed by atoms with E-state index < -0.39 is 0 Å². The molecule has 2 amide bonds. The van der Waals surface area contributed by atoms with Crippen LogP contribution < -0.4 is 10.2 Å². The Hall–Kier alpha value is -3.03. The standard InChI is InChI=1S/C23H28N6O2/c1-14-10-21(27-22(25-14)17-4-8-28(9-5-17)16(3)31)29-13-23(6-7-23)18-12-24-20(11-19(18)29)26-15(2)30/h10-12,17H,4-9,13H2,1-3H3,(H,24,26,30). The molecule has 0 aromatic carbocycles. The number of fused-ring (bicyclic) bond motifs is 2. The molecule has 2 aromatic heterocycles. The number of nitrogens with zero attached hydrogens (tertiary/aromatic N) is 5. The Morgan fingerprint density at radius 3 is 2.52 bits per heavy atom. The number of hydrogen-bond acceptors (Lipinski definition) is 6. The highest BCUT2D eigenvalue weighted by Crippen LogP contribution is 2.58. The third kappa shape index (κ3) is 3.64. The summed E-state index contributed by atoms with van der Waals surface area (Å²) in [6.07, 6.45) is 6.00. The SMILES string of the molecule is CC(=O)Nc1cc2c(cn1)C1(CC1)CN2c1cc(C)nc(C2CCN(C(C)=O)CC2)n1. The normalized spacial score (nSPS) is 19.5. The fourth-order valence-electron chi connectivity index (χ4n) is 4.93. The van der Waals surface area contributed by atoms with Gasteiger partial charge in [-0.15, -0.1) is 0 Å². The molecule has 1 saturated heterocycles. The molecule has 2 fully saturated rings. The number of amides is 2. The summed E-state index contributed by atoms with van der Waals surface area (Å²) in [5, 5.41) is 2.80. The van der Waals surface area contributed by atoms with Crippen LogP contribution in [0, 0.1) is 6.92 Å². The van der Waals surface area contributed by atoms with Gasteiger partial charge in [-0.25, -0.2) is 15.0 Å². The Kier molecular flexibility index (Phi) is 4.68. The van der Waals surface area contributed by atoms with Crippen molar-refractivity contribution in [2.24, 2.45) is 0 Å². The van der Waals surface area contributed by atoms with Crippen molar-refractivity contribution < 1.29 is 9.59 Å². The van der Waals surface area contributed by atoms with Gasteiger partial charge in [0.2, 0.25) is 11.8 Å². The molecule has 0 bridgehead atoms. The van der Waals surface area contributed by atoms with Crippen molar-refractivity contribution in [3.05, 3.63) is 35.4 Å². The molecule has 3 aliphatic rings. The van der Waals surface area contributed by atoms with Gasteiger partial charge in [-0.1, -0.05) is 0 Å². The first-order valence-corrected chi connectivity index (χ1v) is 11.0. The van der Waals surface area contributed by atoms with Gasteiger partial charge >= 0.3 is 0 Å². The van der Waals surface area contributed by atoms with Crippen LogP contribution >= 0.6 is 0 Å². The predicted molar refractivity (Wildman–Crippen MR) is 117 cm³/mol. The third-order valence-electron chi connectivity index (χ3n) is 6.80. The average molecular weight is 421 g/mol. The number of carbonyl (C=O) groups excluding carboxylic acids is 2. The van der Waals surface area contributed by atoms with Crippen molar-refractivity contribution in [3.63, 3.8) is 0 Å². The van der Waals surface area contributed by atoms with Gasteiger partial charge in [-0.2, -0.15) is 0 Å². The minimum Gasteiger partial charge on any atom is -0.343 e. The van der Waals surface area contributed by atoms with Crippen LogP contribution in [0.3, 0.4) is 0 Å². The Morgan fingerprint density at radius 1 is 1.13 bits per heavy atom. The number of piperidine rings is 1. The van der Waals surface area contributed by atoms with Gasteiger partial charge < -0.3 is 15.1 Å². The molecule has 0 unspecified atom stereocenters. The molecule has 1 aliphatic carbocycles. The van der Waals surface area contributed by atoms with E-state index >= 15 is 0 Å².